The highest BCUT2D eigenvalue weighted by atomic mass is 32.1. The molecule has 1 unspecified atom stereocenters. The largest absolute Gasteiger partial charge is 0.481 e. The van der Waals surface area contributed by atoms with E-state index in [0.717, 1.165) is 32.7 Å². The Bertz CT molecular complexity index is 1190. The van der Waals surface area contributed by atoms with Crippen LogP contribution in [0.15, 0.2) is 54.6 Å². The summed E-state index contributed by atoms with van der Waals surface area (Å²) in [5, 5.41) is 14.4. The number of rotatable bonds is 9. The maximum atomic E-state index is 12.8. The Labute approximate surface area is 208 Å². The van der Waals surface area contributed by atoms with Gasteiger partial charge in [-0.3, -0.25) is 9.59 Å². The molecule has 0 saturated carbocycles. The number of benzene rings is 2. The van der Waals surface area contributed by atoms with Gasteiger partial charge in [-0.2, -0.15) is 0 Å². The molecule has 1 aliphatic carbocycles. The van der Waals surface area contributed by atoms with Crippen LogP contribution < -0.4 is 10.6 Å². The number of hydrogen-bond donors (Lipinski definition) is 3. The third-order valence-corrected chi connectivity index (χ3v) is 7.41. The minimum atomic E-state index is -1.04. The van der Waals surface area contributed by atoms with Crippen LogP contribution in [0.4, 0.5) is 4.79 Å². The van der Waals surface area contributed by atoms with Gasteiger partial charge in [-0.25, -0.2) is 4.79 Å². The van der Waals surface area contributed by atoms with E-state index < -0.39 is 24.0 Å². The number of carbonyl (C=O) groups excluding carboxylic acids is 2. The highest BCUT2D eigenvalue weighted by Crippen LogP contribution is 2.44. The van der Waals surface area contributed by atoms with Crippen molar-refractivity contribution in [2.45, 2.75) is 45.2 Å². The summed E-state index contributed by atoms with van der Waals surface area (Å²) in [7, 11) is 0. The van der Waals surface area contributed by atoms with Gasteiger partial charge in [-0.05, 0) is 54.2 Å². The lowest BCUT2D eigenvalue weighted by atomic mass is 9.98. The minimum absolute atomic E-state index is 0.0339. The van der Waals surface area contributed by atoms with E-state index >= 15 is 0 Å². The fourth-order valence-corrected chi connectivity index (χ4v) is 5.35. The number of aliphatic carboxylic acids is 1. The molecule has 1 atom stereocenters. The number of carboxylic acids is 1. The number of carbonyl (C=O) groups is 3. The molecule has 0 radical (unpaired) electrons. The average Bonchev–Trinajstić information content (AvgIpc) is 3.34. The topological polar surface area (TPSA) is 105 Å². The number of ether oxygens (including phenoxy) is 1. The van der Waals surface area contributed by atoms with E-state index in [1.165, 1.54) is 4.88 Å². The zero-order chi connectivity index (χ0) is 24.9. The Morgan fingerprint density at radius 3 is 2.23 bits per heavy atom. The number of amides is 2. The molecular formula is C27H28N2O5S. The van der Waals surface area contributed by atoms with E-state index in [0.29, 0.717) is 6.54 Å². The normalized spacial score (nSPS) is 13.0. The number of aryl methyl sites for hydroxylation is 2. The van der Waals surface area contributed by atoms with Gasteiger partial charge in [0.1, 0.15) is 12.6 Å². The summed E-state index contributed by atoms with van der Waals surface area (Å²) in [6, 6.07) is 17.0. The Morgan fingerprint density at radius 1 is 1.03 bits per heavy atom. The molecule has 3 N–H and O–H groups in total. The smallest absolute Gasteiger partial charge is 0.407 e. The van der Waals surface area contributed by atoms with Crippen molar-refractivity contribution < 1.29 is 24.2 Å². The van der Waals surface area contributed by atoms with E-state index in [-0.39, 0.29) is 25.4 Å². The van der Waals surface area contributed by atoms with E-state index in [4.69, 9.17) is 9.84 Å². The third-order valence-electron chi connectivity index (χ3n) is 6.25. The summed E-state index contributed by atoms with van der Waals surface area (Å²) >= 11 is 1.59. The van der Waals surface area contributed by atoms with Gasteiger partial charge in [-0.15, -0.1) is 11.3 Å². The molecule has 0 aliphatic heterocycles. The lowest BCUT2D eigenvalue weighted by molar-refractivity contribution is -0.137. The van der Waals surface area contributed by atoms with Gasteiger partial charge in [0.25, 0.3) is 0 Å². The quantitative estimate of drug-likeness (QED) is 0.400. The lowest BCUT2D eigenvalue weighted by Gasteiger charge is -2.19. The van der Waals surface area contributed by atoms with Crippen molar-refractivity contribution in [3.05, 3.63) is 81.0 Å². The van der Waals surface area contributed by atoms with Crippen LogP contribution in [0.3, 0.4) is 0 Å². The molecule has 4 rings (SSSR count). The Hall–Kier alpha value is -3.65. The van der Waals surface area contributed by atoms with Crippen molar-refractivity contribution >= 4 is 29.3 Å². The van der Waals surface area contributed by atoms with Crippen molar-refractivity contribution in [1.29, 1.82) is 0 Å². The van der Waals surface area contributed by atoms with Crippen LogP contribution in [0, 0.1) is 13.8 Å². The number of nitrogens with one attached hydrogen (secondary N) is 2. The van der Waals surface area contributed by atoms with Gasteiger partial charge in [0.15, 0.2) is 0 Å². The number of fused-ring (bicyclic) bond motifs is 3. The Morgan fingerprint density at radius 2 is 1.66 bits per heavy atom. The first-order chi connectivity index (χ1) is 16.8. The van der Waals surface area contributed by atoms with Crippen LogP contribution in [0.25, 0.3) is 11.1 Å². The van der Waals surface area contributed by atoms with Gasteiger partial charge in [0, 0.05) is 22.1 Å². The number of alkyl carbamates (subject to hydrolysis) is 1. The first-order valence-corrected chi connectivity index (χ1v) is 12.3. The molecule has 0 bridgehead atoms. The van der Waals surface area contributed by atoms with Crippen molar-refractivity contribution in [2.24, 2.45) is 0 Å². The summed E-state index contributed by atoms with van der Waals surface area (Å²) < 4.78 is 5.53. The average molecular weight is 493 g/mol. The van der Waals surface area contributed by atoms with Gasteiger partial charge >= 0.3 is 12.1 Å². The van der Waals surface area contributed by atoms with E-state index in [2.05, 4.69) is 22.8 Å². The molecule has 1 heterocycles. The monoisotopic (exact) mass is 492 g/mol. The van der Waals surface area contributed by atoms with Gasteiger partial charge in [-0.1, -0.05) is 48.5 Å². The maximum Gasteiger partial charge on any atom is 0.407 e. The first-order valence-electron chi connectivity index (χ1n) is 11.5. The zero-order valence-corrected chi connectivity index (χ0v) is 20.5. The number of hydrogen-bond acceptors (Lipinski definition) is 5. The van der Waals surface area contributed by atoms with Crippen molar-refractivity contribution in [2.75, 3.05) is 6.61 Å². The predicted octanol–water partition coefficient (Wildman–Crippen LogP) is 4.75. The predicted molar refractivity (Wildman–Crippen MR) is 135 cm³/mol. The zero-order valence-electron chi connectivity index (χ0n) is 19.7. The van der Waals surface area contributed by atoms with Crippen LogP contribution in [-0.4, -0.2) is 35.7 Å². The van der Waals surface area contributed by atoms with Crippen LogP contribution in [0.2, 0.25) is 0 Å². The molecule has 0 saturated heterocycles. The lowest BCUT2D eigenvalue weighted by Crippen LogP contribution is -2.47. The molecule has 1 aliphatic rings. The molecule has 182 valence electrons. The second-order valence-corrected chi connectivity index (χ2v) is 9.97. The highest BCUT2D eigenvalue weighted by Gasteiger charge is 2.30. The molecule has 35 heavy (non-hydrogen) atoms. The Balaban J connectivity index is 1.39. The van der Waals surface area contributed by atoms with Crippen LogP contribution >= 0.6 is 11.3 Å². The summed E-state index contributed by atoms with van der Waals surface area (Å²) in [4.78, 5) is 38.7. The van der Waals surface area contributed by atoms with E-state index in [1.54, 1.807) is 11.3 Å². The fourth-order valence-electron chi connectivity index (χ4n) is 4.35. The Kier molecular flexibility index (Phi) is 7.51. The van der Waals surface area contributed by atoms with Crippen LogP contribution in [-0.2, 0) is 20.9 Å². The number of carboxylic acid groups (broad SMARTS) is 1. The van der Waals surface area contributed by atoms with Gasteiger partial charge in [0.05, 0.1) is 6.54 Å². The summed E-state index contributed by atoms with van der Waals surface area (Å²) in [6.45, 7) is 4.44. The molecular weight excluding hydrogens is 464 g/mol. The van der Waals surface area contributed by atoms with Crippen molar-refractivity contribution in [3.8, 4) is 11.1 Å². The molecule has 3 aromatic rings. The SMILES string of the molecule is Cc1cc(CNC(=O)C(CCC(=O)O)NC(=O)OCC2c3ccccc3-c3ccccc32)sc1C. The van der Waals surface area contributed by atoms with E-state index in [1.807, 2.05) is 56.3 Å². The molecule has 0 spiro atoms. The van der Waals surface area contributed by atoms with Gasteiger partial charge < -0.3 is 20.5 Å². The van der Waals surface area contributed by atoms with Crippen molar-refractivity contribution in [1.82, 2.24) is 10.6 Å². The van der Waals surface area contributed by atoms with Crippen LogP contribution in [0.5, 0.6) is 0 Å². The van der Waals surface area contributed by atoms with Crippen molar-refractivity contribution in [3.63, 3.8) is 0 Å². The van der Waals surface area contributed by atoms with Gasteiger partial charge in [0.2, 0.25) is 5.91 Å². The van der Waals surface area contributed by atoms with E-state index in [9.17, 15) is 14.4 Å². The summed E-state index contributed by atoms with van der Waals surface area (Å²) in [5.74, 6) is -1.59. The molecule has 7 nitrogen and oxygen atoms in total. The fraction of sp³-hybridized carbons (Fsp3) is 0.296. The molecule has 1 aromatic heterocycles. The maximum absolute atomic E-state index is 12.8. The summed E-state index contributed by atoms with van der Waals surface area (Å²) in [6.07, 6.45) is -1.03. The number of thiophene rings is 1. The third kappa shape index (κ3) is 5.71. The minimum Gasteiger partial charge on any atom is -0.481 e. The standard InChI is InChI=1S/C27H28N2O5S/c1-16-13-18(35-17(16)2)14-28-26(32)24(11-12-25(30)31)29-27(33)34-15-23-21-9-5-3-7-19(21)20-8-4-6-10-22(20)23/h3-10,13,23-24H,11-12,14-15H2,1-2H3,(H,28,32)(H,29,33)(H,30,31). The summed E-state index contributed by atoms with van der Waals surface area (Å²) in [5.41, 5.74) is 5.56. The highest BCUT2D eigenvalue weighted by molar-refractivity contribution is 7.12. The van der Waals surface area contributed by atoms with Crippen LogP contribution in [0.1, 0.15) is 45.2 Å². The second-order valence-electron chi connectivity index (χ2n) is 8.62. The molecule has 2 amide bonds. The molecule has 2 aromatic carbocycles. The first kappa shape index (κ1) is 24.5. The molecule has 0 fully saturated rings. The molecule has 8 heteroatoms. The second kappa shape index (κ2) is 10.7.